The van der Waals surface area contributed by atoms with E-state index in [1.165, 1.54) is 5.56 Å². The summed E-state index contributed by atoms with van der Waals surface area (Å²) in [5, 5.41) is 8.06. The molecule has 2 aromatic rings. The fourth-order valence-electron chi connectivity index (χ4n) is 2.53. The minimum absolute atomic E-state index is 0.442. The van der Waals surface area contributed by atoms with Crippen LogP contribution < -0.4 is 14.8 Å². The summed E-state index contributed by atoms with van der Waals surface area (Å²) in [5.74, 6) is 1.63. The van der Waals surface area contributed by atoms with Gasteiger partial charge in [-0.1, -0.05) is 13.8 Å². The lowest BCUT2D eigenvalue weighted by atomic mass is 10.1. The Morgan fingerprint density at radius 2 is 2.00 bits per heavy atom. The highest BCUT2D eigenvalue weighted by Gasteiger charge is 2.15. The van der Waals surface area contributed by atoms with Crippen molar-refractivity contribution in [1.82, 2.24) is 15.1 Å². The maximum atomic E-state index is 5.78. The van der Waals surface area contributed by atoms with Crippen LogP contribution in [-0.2, 0) is 13.6 Å². The number of fused-ring (bicyclic) bond motifs is 1. The zero-order chi connectivity index (χ0) is 15.5. The van der Waals surface area contributed by atoms with Crippen LogP contribution in [0.15, 0.2) is 24.4 Å². The summed E-state index contributed by atoms with van der Waals surface area (Å²) in [6.07, 6.45) is 2.98. The number of hydrogen-bond donors (Lipinski definition) is 1. The fraction of sp³-hybridized carbons (Fsp3) is 0.471. The van der Waals surface area contributed by atoms with Gasteiger partial charge in [-0.05, 0) is 18.2 Å². The summed E-state index contributed by atoms with van der Waals surface area (Å²) >= 11 is 0. The smallest absolute Gasteiger partial charge is 0.161 e. The lowest BCUT2D eigenvalue weighted by Crippen LogP contribution is -2.21. The van der Waals surface area contributed by atoms with Gasteiger partial charge in [-0.2, -0.15) is 5.10 Å². The number of nitrogens with zero attached hydrogens (tertiary/aromatic N) is 2. The number of ether oxygens (including phenoxy) is 2. The molecule has 1 aliphatic rings. The molecule has 0 unspecified atom stereocenters. The van der Waals surface area contributed by atoms with Gasteiger partial charge in [0.15, 0.2) is 11.5 Å². The first kappa shape index (κ1) is 14.9. The molecule has 5 nitrogen and oxygen atoms in total. The number of rotatable bonds is 4. The van der Waals surface area contributed by atoms with Crippen LogP contribution in [0.5, 0.6) is 11.5 Å². The zero-order valence-corrected chi connectivity index (χ0v) is 13.4. The molecule has 0 radical (unpaired) electrons. The summed E-state index contributed by atoms with van der Waals surface area (Å²) in [6, 6.07) is 6.50. The predicted molar refractivity (Wildman–Crippen MR) is 86.2 cm³/mol. The quantitative estimate of drug-likeness (QED) is 0.943. The van der Waals surface area contributed by atoms with E-state index in [0.29, 0.717) is 19.3 Å². The molecule has 5 heteroatoms. The first-order valence-electron chi connectivity index (χ1n) is 7.79. The van der Waals surface area contributed by atoms with E-state index in [1.807, 2.05) is 23.9 Å². The molecule has 3 rings (SSSR count). The first-order valence-corrected chi connectivity index (χ1v) is 7.79. The molecule has 1 aromatic heterocycles. The molecule has 1 aliphatic heterocycles. The van der Waals surface area contributed by atoms with Gasteiger partial charge < -0.3 is 14.8 Å². The molecule has 1 N–H and O–H groups in total. The van der Waals surface area contributed by atoms with Crippen LogP contribution in [0.1, 0.15) is 25.8 Å². The van der Waals surface area contributed by atoms with Gasteiger partial charge >= 0.3 is 0 Å². The van der Waals surface area contributed by atoms with E-state index in [-0.39, 0.29) is 0 Å². The lowest BCUT2D eigenvalue weighted by Gasteiger charge is -2.10. The molecule has 0 fully saturated rings. The molecule has 0 amide bonds. The van der Waals surface area contributed by atoms with Gasteiger partial charge in [-0.3, -0.25) is 4.68 Å². The van der Waals surface area contributed by atoms with Gasteiger partial charge in [0.05, 0.1) is 18.9 Å². The minimum atomic E-state index is 0.442. The summed E-state index contributed by atoms with van der Waals surface area (Å²) in [5.41, 5.74) is 3.24. The highest BCUT2D eigenvalue weighted by molar-refractivity contribution is 5.66. The van der Waals surface area contributed by atoms with Crippen molar-refractivity contribution in [3.8, 4) is 22.8 Å². The van der Waals surface area contributed by atoms with Gasteiger partial charge in [0.2, 0.25) is 0 Å². The molecule has 0 saturated carbocycles. The third-order valence-electron chi connectivity index (χ3n) is 3.63. The predicted octanol–water partition coefficient (Wildman–Crippen LogP) is 2.75. The van der Waals surface area contributed by atoms with E-state index in [0.717, 1.165) is 35.7 Å². The average molecular weight is 301 g/mol. The van der Waals surface area contributed by atoms with Gasteiger partial charge in [0.25, 0.3) is 0 Å². The summed E-state index contributed by atoms with van der Waals surface area (Å²) in [7, 11) is 1.95. The van der Waals surface area contributed by atoms with Crippen molar-refractivity contribution >= 4 is 0 Å². The highest BCUT2D eigenvalue weighted by Crippen LogP contribution is 2.34. The topological polar surface area (TPSA) is 48.3 Å². The molecule has 0 spiro atoms. The van der Waals surface area contributed by atoms with Crippen LogP contribution in [0.25, 0.3) is 11.3 Å². The molecule has 0 bridgehead atoms. The van der Waals surface area contributed by atoms with E-state index < -0.39 is 0 Å². The Labute approximate surface area is 131 Å². The van der Waals surface area contributed by atoms with Gasteiger partial charge in [0.1, 0.15) is 0 Å². The number of hydrogen-bond acceptors (Lipinski definition) is 4. The number of nitrogens with one attached hydrogen (secondary N) is 1. The highest BCUT2D eigenvalue weighted by atomic mass is 16.5. The molecule has 2 heterocycles. The number of aryl methyl sites for hydroxylation is 1. The van der Waals surface area contributed by atoms with E-state index >= 15 is 0 Å². The van der Waals surface area contributed by atoms with E-state index in [4.69, 9.17) is 9.47 Å². The average Bonchev–Trinajstić information content (AvgIpc) is 2.71. The third kappa shape index (κ3) is 3.25. The summed E-state index contributed by atoms with van der Waals surface area (Å²) in [6.45, 7) is 6.49. The van der Waals surface area contributed by atoms with Crippen molar-refractivity contribution in [3.63, 3.8) is 0 Å². The van der Waals surface area contributed by atoms with Crippen molar-refractivity contribution in [2.24, 2.45) is 7.05 Å². The Bertz CT molecular complexity index is 649. The molecule has 0 atom stereocenters. The van der Waals surface area contributed by atoms with Crippen LogP contribution >= 0.6 is 0 Å². The normalized spacial score (nSPS) is 14.2. The van der Waals surface area contributed by atoms with Gasteiger partial charge in [0, 0.05) is 43.4 Å². The van der Waals surface area contributed by atoms with Crippen molar-refractivity contribution in [2.45, 2.75) is 32.9 Å². The number of aromatic nitrogens is 2. The van der Waals surface area contributed by atoms with Gasteiger partial charge in [-0.25, -0.2) is 0 Å². The van der Waals surface area contributed by atoms with Crippen LogP contribution in [0.4, 0.5) is 0 Å². The maximum absolute atomic E-state index is 5.78. The SMILES string of the molecule is CC(C)NCc1cn(C)nc1-c1ccc2c(c1)OCCCO2. The fourth-order valence-corrected chi connectivity index (χ4v) is 2.53. The Morgan fingerprint density at radius 3 is 2.77 bits per heavy atom. The zero-order valence-electron chi connectivity index (χ0n) is 13.4. The van der Waals surface area contributed by atoms with Crippen molar-refractivity contribution in [3.05, 3.63) is 30.0 Å². The minimum Gasteiger partial charge on any atom is -0.490 e. The largest absolute Gasteiger partial charge is 0.490 e. The summed E-state index contributed by atoms with van der Waals surface area (Å²) in [4.78, 5) is 0. The van der Waals surface area contributed by atoms with E-state index in [9.17, 15) is 0 Å². The van der Waals surface area contributed by atoms with E-state index in [1.54, 1.807) is 0 Å². The Hall–Kier alpha value is -2.01. The number of benzene rings is 1. The van der Waals surface area contributed by atoms with Crippen molar-refractivity contribution in [1.29, 1.82) is 0 Å². The molecule has 0 saturated heterocycles. The lowest BCUT2D eigenvalue weighted by molar-refractivity contribution is 0.297. The Kier molecular flexibility index (Phi) is 4.34. The molecule has 0 aliphatic carbocycles. The van der Waals surface area contributed by atoms with Crippen molar-refractivity contribution in [2.75, 3.05) is 13.2 Å². The summed E-state index contributed by atoms with van der Waals surface area (Å²) < 4.78 is 13.3. The molecule has 118 valence electrons. The third-order valence-corrected chi connectivity index (χ3v) is 3.63. The molecular weight excluding hydrogens is 278 g/mol. The standard InChI is InChI=1S/C17H23N3O2/c1-12(2)18-10-14-11-20(3)19-17(14)13-5-6-15-16(9-13)22-8-4-7-21-15/h5-6,9,11-12,18H,4,7-8,10H2,1-3H3. The van der Waals surface area contributed by atoms with Gasteiger partial charge in [-0.15, -0.1) is 0 Å². The second-order valence-corrected chi connectivity index (χ2v) is 5.92. The maximum Gasteiger partial charge on any atom is 0.161 e. The monoisotopic (exact) mass is 301 g/mol. The second-order valence-electron chi connectivity index (χ2n) is 5.92. The Balaban J connectivity index is 1.92. The van der Waals surface area contributed by atoms with Crippen LogP contribution in [-0.4, -0.2) is 29.0 Å². The van der Waals surface area contributed by atoms with Crippen LogP contribution in [0, 0.1) is 0 Å². The molecule has 22 heavy (non-hydrogen) atoms. The van der Waals surface area contributed by atoms with E-state index in [2.05, 4.69) is 36.5 Å². The second kappa shape index (κ2) is 6.40. The molecule has 1 aromatic carbocycles. The van der Waals surface area contributed by atoms with Crippen molar-refractivity contribution < 1.29 is 9.47 Å². The first-order chi connectivity index (χ1) is 10.6. The Morgan fingerprint density at radius 1 is 1.23 bits per heavy atom. The van der Waals surface area contributed by atoms with Crippen LogP contribution in [0.3, 0.4) is 0 Å². The molecular formula is C17H23N3O2. The van der Waals surface area contributed by atoms with Crippen LogP contribution in [0.2, 0.25) is 0 Å².